The van der Waals surface area contributed by atoms with Crippen LogP contribution in [0.1, 0.15) is 0 Å². The van der Waals surface area contributed by atoms with Gasteiger partial charge in [-0.2, -0.15) is 0 Å². The maximum absolute atomic E-state index is 9.25. The molecule has 4 heteroatoms. The first-order valence-corrected chi connectivity index (χ1v) is 4.70. The zero-order valence-corrected chi connectivity index (χ0v) is 9.24. The highest BCUT2D eigenvalue weighted by molar-refractivity contribution is 14.1. The van der Waals surface area contributed by atoms with Gasteiger partial charge in [-0.05, 0) is 50.7 Å². The molecule has 0 unspecified atom stereocenters. The Hall–Kier alpha value is 0.520. The first-order chi connectivity index (χ1) is 4.63. The van der Waals surface area contributed by atoms with E-state index in [2.05, 4.69) is 15.9 Å². The Bertz CT molecular complexity index is 237. The van der Waals surface area contributed by atoms with Crippen molar-refractivity contribution in [3.05, 3.63) is 25.2 Å². The Morgan fingerprint density at radius 1 is 1.50 bits per heavy atom. The fourth-order valence-corrected chi connectivity index (χ4v) is 1.84. The van der Waals surface area contributed by atoms with Gasteiger partial charge in [0.2, 0.25) is 0 Å². The molecule has 0 spiro atoms. The van der Waals surface area contributed by atoms with E-state index in [-0.39, 0.29) is 5.75 Å². The molecule has 1 aromatic rings. The highest BCUT2D eigenvalue weighted by Crippen LogP contribution is 2.33. The fraction of sp³-hybridized carbons (Fsp3) is 0. The molecule has 0 aliphatic rings. The normalized spacial score (nSPS) is 9.90. The number of phenolic OH excluding ortho intramolecular Hbond substituents is 1. The first kappa shape index (κ1) is 8.62. The third kappa shape index (κ3) is 1.57. The Labute approximate surface area is 85.7 Å². The maximum Gasteiger partial charge on any atom is 0.144 e. The van der Waals surface area contributed by atoms with Gasteiger partial charge in [-0.3, -0.25) is 0 Å². The van der Waals surface area contributed by atoms with Gasteiger partial charge in [0.15, 0.2) is 0 Å². The summed E-state index contributed by atoms with van der Waals surface area (Å²) in [7, 11) is 0. The lowest BCUT2D eigenvalue weighted by Crippen LogP contribution is -1.76. The average Bonchev–Trinajstić information content (AvgIpc) is 1.93. The third-order valence-electron chi connectivity index (χ3n) is 1.02. The summed E-state index contributed by atoms with van der Waals surface area (Å²) in [4.78, 5) is 0. The van der Waals surface area contributed by atoms with Crippen LogP contribution in [0.15, 0.2) is 16.6 Å². The summed E-state index contributed by atoms with van der Waals surface area (Å²) in [5.74, 6) is 0.202. The fourth-order valence-electron chi connectivity index (χ4n) is 0.516. The van der Waals surface area contributed by atoms with Crippen molar-refractivity contribution in [3.8, 4) is 5.75 Å². The van der Waals surface area contributed by atoms with Crippen molar-refractivity contribution >= 4 is 50.1 Å². The number of halogens is 3. The minimum atomic E-state index is 0.202. The zero-order chi connectivity index (χ0) is 7.72. The number of benzene rings is 1. The molecular weight excluding hydrogens is 330 g/mol. The third-order valence-corrected chi connectivity index (χ3v) is 3.39. The SMILES string of the molecule is Oc1c(Br)ccc(Cl)c1I. The molecular formula is C6H3BrClIO. The van der Waals surface area contributed by atoms with Crippen LogP contribution in [-0.4, -0.2) is 5.11 Å². The average molecular weight is 333 g/mol. The number of hydrogen-bond acceptors (Lipinski definition) is 1. The predicted octanol–water partition coefficient (Wildman–Crippen LogP) is 3.41. The van der Waals surface area contributed by atoms with Crippen molar-refractivity contribution in [3.63, 3.8) is 0 Å². The summed E-state index contributed by atoms with van der Waals surface area (Å²) < 4.78 is 1.34. The molecule has 1 N–H and O–H groups in total. The van der Waals surface area contributed by atoms with Crippen molar-refractivity contribution < 1.29 is 5.11 Å². The largest absolute Gasteiger partial charge is 0.506 e. The Kier molecular flexibility index (Phi) is 2.82. The summed E-state index contributed by atoms with van der Waals surface area (Å²) >= 11 is 10.8. The van der Waals surface area contributed by atoms with Crippen molar-refractivity contribution in [1.29, 1.82) is 0 Å². The van der Waals surface area contributed by atoms with E-state index >= 15 is 0 Å². The van der Waals surface area contributed by atoms with Crippen molar-refractivity contribution in [2.24, 2.45) is 0 Å². The number of rotatable bonds is 0. The molecule has 0 bridgehead atoms. The van der Waals surface area contributed by atoms with Gasteiger partial charge in [0, 0.05) is 0 Å². The summed E-state index contributed by atoms with van der Waals surface area (Å²) in [6.07, 6.45) is 0. The highest BCUT2D eigenvalue weighted by atomic mass is 127. The van der Waals surface area contributed by atoms with Gasteiger partial charge >= 0.3 is 0 Å². The van der Waals surface area contributed by atoms with Crippen molar-refractivity contribution in [1.82, 2.24) is 0 Å². The van der Waals surface area contributed by atoms with Gasteiger partial charge in [-0.1, -0.05) is 11.6 Å². The van der Waals surface area contributed by atoms with Crippen LogP contribution >= 0.6 is 50.1 Å². The summed E-state index contributed by atoms with van der Waals surface area (Å²) in [6, 6.07) is 3.44. The second kappa shape index (κ2) is 3.28. The van der Waals surface area contributed by atoms with E-state index in [0.29, 0.717) is 13.1 Å². The minimum Gasteiger partial charge on any atom is -0.506 e. The van der Waals surface area contributed by atoms with Gasteiger partial charge in [-0.15, -0.1) is 0 Å². The molecule has 0 heterocycles. The van der Waals surface area contributed by atoms with Gasteiger partial charge in [0.05, 0.1) is 13.1 Å². The molecule has 1 rings (SSSR count). The van der Waals surface area contributed by atoms with Gasteiger partial charge < -0.3 is 5.11 Å². The monoisotopic (exact) mass is 332 g/mol. The molecule has 1 nitrogen and oxygen atoms in total. The van der Waals surface area contributed by atoms with Crippen LogP contribution in [0.4, 0.5) is 0 Å². The van der Waals surface area contributed by atoms with Crippen LogP contribution in [-0.2, 0) is 0 Å². The van der Waals surface area contributed by atoms with Crippen LogP contribution in [0.25, 0.3) is 0 Å². The Balaban J connectivity index is 3.34. The standard InChI is InChI=1S/C6H3BrClIO/c7-3-1-2-4(8)5(9)6(3)10/h1-2,10H. The number of aromatic hydroxyl groups is 1. The van der Waals surface area contributed by atoms with E-state index in [4.69, 9.17) is 11.6 Å². The molecule has 0 saturated carbocycles. The summed E-state index contributed by atoms with van der Waals surface area (Å²) in [5, 5.41) is 9.82. The lowest BCUT2D eigenvalue weighted by Gasteiger charge is -2.00. The van der Waals surface area contributed by atoms with Crippen LogP contribution in [0.5, 0.6) is 5.75 Å². The van der Waals surface area contributed by atoms with E-state index in [1.165, 1.54) is 0 Å². The van der Waals surface area contributed by atoms with E-state index in [9.17, 15) is 5.11 Å². The smallest absolute Gasteiger partial charge is 0.144 e. The van der Waals surface area contributed by atoms with Gasteiger partial charge in [0.1, 0.15) is 5.75 Å². The van der Waals surface area contributed by atoms with E-state index in [0.717, 1.165) is 0 Å². The van der Waals surface area contributed by atoms with Crippen LogP contribution in [0, 0.1) is 3.57 Å². The van der Waals surface area contributed by atoms with Crippen molar-refractivity contribution in [2.75, 3.05) is 0 Å². The molecule has 54 valence electrons. The molecule has 0 radical (unpaired) electrons. The molecule has 0 amide bonds. The topological polar surface area (TPSA) is 20.2 Å². The second-order valence-corrected chi connectivity index (χ2v) is 4.03. The van der Waals surface area contributed by atoms with Crippen LogP contribution in [0.2, 0.25) is 5.02 Å². The number of phenols is 1. The molecule has 0 saturated heterocycles. The van der Waals surface area contributed by atoms with E-state index < -0.39 is 0 Å². The Morgan fingerprint density at radius 3 is 2.60 bits per heavy atom. The second-order valence-electron chi connectivity index (χ2n) is 1.69. The number of hydrogen-bond donors (Lipinski definition) is 1. The summed E-state index contributed by atoms with van der Waals surface area (Å²) in [5.41, 5.74) is 0. The molecule has 10 heavy (non-hydrogen) atoms. The maximum atomic E-state index is 9.25. The first-order valence-electron chi connectivity index (χ1n) is 2.45. The van der Waals surface area contributed by atoms with Crippen LogP contribution in [0.3, 0.4) is 0 Å². The van der Waals surface area contributed by atoms with Crippen molar-refractivity contribution in [2.45, 2.75) is 0 Å². The van der Waals surface area contributed by atoms with Gasteiger partial charge in [-0.25, -0.2) is 0 Å². The molecule has 0 aliphatic carbocycles. The van der Waals surface area contributed by atoms with Gasteiger partial charge in [0.25, 0.3) is 0 Å². The lowest BCUT2D eigenvalue weighted by molar-refractivity contribution is 0.468. The highest BCUT2D eigenvalue weighted by Gasteiger charge is 2.05. The molecule has 0 aliphatic heterocycles. The van der Waals surface area contributed by atoms with E-state index in [1.807, 2.05) is 22.6 Å². The quantitative estimate of drug-likeness (QED) is 0.570. The molecule has 0 fully saturated rings. The van der Waals surface area contributed by atoms with Crippen LogP contribution < -0.4 is 0 Å². The zero-order valence-electron chi connectivity index (χ0n) is 4.74. The lowest BCUT2D eigenvalue weighted by atomic mass is 10.3. The van der Waals surface area contributed by atoms with E-state index in [1.54, 1.807) is 12.1 Å². The summed E-state index contributed by atoms with van der Waals surface area (Å²) in [6.45, 7) is 0. The molecule has 0 atom stereocenters. The molecule has 0 aromatic heterocycles. The molecule has 1 aromatic carbocycles. The predicted molar refractivity (Wildman–Crippen MR) is 53.5 cm³/mol. The minimum absolute atomic E-state index is 0.202. The Morgan fingerprint density at radius 2 is 2.10 bits per heavy atom.